The number of hydrogen-bond donors (Lipinski definition) is 0. The Balaban J connectivity index is 1.25. The minimum absolute atomic E-state index is 0.0621. The fourth-order valence-electron chi connectivity index (χ4n) is 5.26. The number of carbonyl (C=O) groups is 2. The zero-order chi connectivity index (χ0) is 24.5. The summed E-state index contributed by atoms with van der Waals surface area (Å²) >= 11 is 0. The molecule has 0 radical (unpaired) electrons. The zero-order valence-electron chi connectivity index (χ0n) is 20.8. The molecule has 3 heterocycles. The quantitative estimate of drug-likeness (QED) is 0.400. The fraction of sp³-hybridized carbons (Fsp3) is 0.607. The van der Waals surface area contributed by atoms with E-state index < -0.39 is 6.16 Å². The smallest absolute Gasteiger partial charge is 0.460 e. The molecule has 1 saturated carbocycles. The van der Waals surface area contributed by atoms with E-state index in [2.05, 4.69) is 22.0 Å². The van der Waals surface area contributed by atoms with E-state index >= 15 is 0 Å². The third-order valence-electron chi connectivity index (χ3n) is 7.19. The second-order valence-electron chi connectivity index (χ2n) is 9.99. The van der Waals surface area contributed by atoms with E-state index in [1.165, 1.54) is 25.3 Å². The fourth-order valence-corrected chi connectivity index (χ4v) is 5.26. The minimum Gasteiger partial charge on any atom is -0.460 e. The Kier molecular flexibility index (Phi) is 9.21. The number of ether oxygens (including phenoxy) is 3. The van der Waals surface area contributed by atoms with Crippen molar-refractivity contribution in [2.45, 2.75) is 83.5 Å². The van der Waals surface area contributed by atoms with Crippen molar-refractivity contribution in [2.24, 2.45) is 11.8 Å². The lowest BCUT2D eigenvalue weighted by Gasteiger charge is -2.27. The highest BCUT2D eigenvalue weighted by Crippen LogP contribution is 2.38. The number of hydrogen-bond acceptors (Lipinski definition) is 7. The summed E-state index contributed by atoms with van der Waals surface area (Å²) in [6, 6.07) is 3.96. The highest BCUT2D eigenvalue weighted by atomic mass is 16.7. The molecule has 2 unspecified atom stereocenters. The van der Waals surface area contributed by atoms with Crippen molar-refractivity contribution in [3.05, 3.63) is 48.2 Å². The number of fused-ring (bicyclic) bond motifs is 1. The van der Waals surface area contributed by atoms with Crippen LogP contribution in [-0.4, -0.2) is 42.4 Å². The Morgan fingerprint density at radius 2 is 2.00 bits per heavy atom. The van der Waals surface area contributed by atoms with E-state index in [1.807, 2.05) is 25.1 Å². The summed E-state index contributed by atoms with van der Waals surface area (Å²) < 4.78 is 16.4. The molecular weight excluding hydrogens is 444 g/mol. The van der Waals surface area contributed by atoms with E-state index in [0.29, 0.717) is 11.8 Å². The number of rotatable bonds is 4. The van der Waals surface area contributed by atoms with Crippen molar-refractivity contribution in [2.75, 3.05) is 18.0 Å². The number of aromatic nitrogens is 1. The van der Waals surface area contributed by atoms with Crippen LogP contribution in [0.2, 0.25) is 0 Å². The first kappa shape index (κ1) is 25.3. The Morgan fingerprint density at radius 3 is 2.80 bits per heavy atom. The molecule has 190 valence electrons. The molecular formula is C28H38N2O5. The van der Waals surface area contributed by atoms with Gasteiger partial charge in [0.15, 0.2) is 0 Å². The Hall–Kier alpha value is -2.83. The average Bonchev–Trinajstić information content (AvgIpc) is 3.24. The van der Waals surface area contributed by atoms with E-state index in [9.17, 15) is 9.59 Å². The third kappa shape index (κ3) is 7.84. The Morgan fingerprint density at radius 1 is 1.14 bits per heavy atom. The largest absolute Gasteiger partial charge is 0.508 e. The molecule has 1 saturated heterocycles. The topological polar surface area (TPSA) is 78.0 Å². The summed E-state index contributed by atoms with van der Waals surface area (Å²) in [5.74, 6) is 1.33. The monoisotopic (exact) mass is 482 g/mol. The van der Waals surface area contributed by atoms with Gasteiger partial charge in [-0.3, -0.25) is 0 Å². The SMILES string of the molecule is C[C@H]1CCC/C=C/C2CC(OC(=O)OCc3ccc(N4CCCCC4)nc3)C[C@H]2C/C=C/C(=O)O1. The maximum absolute atomic E-state index is 12.4. The first-order valence-electron chi connectivity index (χ1n) is 13.1. The molecule has 1 aromatic heterocycles. The van der Waals surface area contributed by atoms with Crippen LogP contribution in [-0.2, 0) is 25.6 Å². The van der Waals surface area contributed by atoms with Gasteiger partial charge in [-0.25, -0.2) is 14.6 Å². The van der Waals surface area contributed by atoms with Gasteiger partial charge in [0.1, 0.15) is 18.5 Å². The van der Waals surface area contributed by atoms with Gasteiger partial charge >= 0.3 is 12.1 Å². The van der Waals surface area contributed by atoms with Crippen LogP contribution in [0.3, 0.4) is 0 Å². The van der Waals surface area contributed by atoms with Gasteiger partial charge in [-0.1, -0.05) is 24.3 Å². The Bertz CT molecular complexity index is 891. The lowest BCUT2D eigenvalue weighted by Crippen LogP contribution is -2.30. The van der Waals surface area contributed by atoms with Crippen molar-refractivity contribution < 1.29 is 23.8 Å². The van der Waals surface area contributed by atoms with Crippen molar-refractivity contribution in [1.29, 1.82) is 0 Å². The van der Waals surface area contributed by atoms with Gasteiger partial charge < -0.3 is 19.1 Å². The van der Waals surface area contributed by atoms with Crippen LogP contribution in [0, 0.1) is 11.8 Å². The van der Waals surface area contributed by atoms with Gasteiger partial charge in [0.2, 0.25) is 0 Å². The van der Waals surface area contributed by atoms with Gasteiger partial charge in [-0.15, -0.1) is 0 Å². The molecule has 4 rings (SSSR count). The van der Waals surface area contributed by atoms with Crippen LogP contribution in [0.15, 0.2) is 42.6 Å². The normalized spacial score (nSPS) is 29.5. The van der Waals surface area contributed by atoms with Crippen molar-refractivity contribution >= 4 is 17.9 Å². The van der Waals surface area contributed by atoms with E-state index in [-0.39, 0.29) is 24.8 Å². The molecule has 7 heteroatoms. The van der Waals surface area contributed by atoms with Crippen LogP contribution in [0.4, 0.5) is 10.6 Å². The second kappa shape index (κ2) is 12.8. The summed E-state index contributed by atoms with van der Waals surface area (Å²) in [5, 5.41) is 0. The van der Waals surface area contributed by atoms with E-state index in [4.69, 9.17) is 14.2 Å². The predicted molar refractivity (Wildman–Crippen MR) is 134 cm³/mol. The van der Waals surface area contributed by atoms with Crippen molar-refractivity contribution in [3.8, 4) is 0 Å². The predicted octanol–water partition coefficient (Wildman–Crippen LogP) is 5.74. The molecule has 1 aromatic rings. The van der Waals surface area contributed by atoms with Crippen LogP contribution in [0.5, 0.6) is 0 Å². The maximum atomic E-state index is 12.4. The molecule has 0 bridgehead atoms. The Labute approximate surface area is 208 Å². The highest BCUT2D eigenvalue weighted by Gasteiger charge is 2.34. The van der Waals surface area contributed by atoms with Crippen LogP contribution >= 0.6 is 0 Å². The van der Waals surface area contributed by atoms with Gasteiger partial charge in [0.05, 0.1) is 6.10 Å². The number of nitrogens with zero attached hydrogens (tertiary/aromatic N) is 2. The van der Waals surface area contributed by atoms with Crippen LogP contribution in [0.1, 0.15) is 70.3 Å². The van der Waals surface area contributed by atoms with Crippen molar-refractivity contribution in [3.63, 3.8) is 0 Å². The molecule has 4 atom stereocenters. The molecule has 0 aromatic carbocycles. The number of cyclic esters (lactones) is 1. The number of esters is 1. The van der Waals surface area contributed by atoms with Crippen molar-refractivity contribution in [1.82, 2.24) is 4.98 Å². The van der Waals surface area contributed by atoms with Crippen LogP contribution in [0.25, 0.3) is 0 Å². The minimum atomic E-state index is -0.638. The van der Waals surface area contributed by atoms with Crippen LogP contribution < -0.4 is 4.90 Å². The van der Waals surface area contributed by atoms with Gasteiger partial charge in [0, 0.05) is 30.9 Å². The molecule has 0 amide bonds. The first-order chi connectivity index (χ1) is 17.1. The van der Waals surface area contributed by atoms with E-state index in [0.717, 1.165) is 63.0 Å². The summed E-state index contributed by atoms with van der Waals surface area (Å²) in [6.45, 7) is 4.18. The molecule has 0 N–H and O–H groups in total. The number of piperidine rings is 1. The average molecular weight is 483 g/mol. The molecule has 1 aliphatic carbocycles. The molecule has 2 aliphatic heterocycles. The van der Waals surface area contributed by atoms with Gasteiger partial charge in [0.25, 0.3) is 0 Å². The molecule has 0 spiro atoms. The first-order valence-corrected chi connectivity index (χ1v) is 13.1. The summed E-state index contributed by atoms with van der Waals surface area (Å²) in [7, 11) is 0. The standard InChI is InChI=1S/C28H38N2O5/c1-21-9-4-2-5-10-23-17-25(18-24(23)11-8-12-27(31)34-21)35-28(32)33-20-22-13-14-26(29-19-22)30-15-6-3-7-16-30/h5,8,10,12-14,19,21,23-25H,2-4,6-7,9,11,15-18,20H2,1H3/b10-5+,12-8+/t21-,23?,24+,25?/m0/s1. The number of allylic oxidation sites excluding steroid dienone is 3. The summed E-state index contributed by atoms with van der Waals surface area (Å²) in [5.41, 5.74) is 0.848. The van der Waals surface area contributed by atoms with Gasteiger partial charge in [-0.05, 0) is 82.6 Å². The molecule has 7 nitrogen and oxygen atoms in total. The summed E-state index contributed by atoms with van der Waals surface area (Å²) in [6.07, 6.45) is 17.6. The maximum Gasteiger partial charge on any atom is 0.508 e. The van der Waals surface area contributed by atoms with Gasteiger partial charge in [-0.2, -0.15) is 0 Å². The molecule has 3 aliphatic rings. The van der Waals surface area contributed by atoms with E-state index in [1.54, 1.807) is 6.20 Å². The number of carbonyl (C=O) groups excluding carboxylic acids is 2. The molecule has 2 fully saturated rings. The lowest BCUT2D eigenvalue weighted by atomic mass is 9.92. The highest BCUT2D eigenvalue weighted by molar-refractivity contribution is 5.82. The summed E-state index contributed by atoms with van der Waals surface area (Å²) in [4.78, 5) is 31.2. The lowest BCUT2D eigenvalue weighted by molar-refractivity contribution is -0.142. The third-order valence-corrected chi connectivity index (χ3v) is 7.19. The molecule has 35 heavy (non-hydrogen) atoms. The number of pyridine rings is 1. The second-order valence-corrected chi connectivity index (χ2v) is 9.99. The number of anilines is 1. The zero-order valence-corrected chi connectivity index (χ0v) is 20.8.